The average Bonchev–Trinajstić information content (AvgIpc) is 3.03. The zero-order chi connectivity index (χ0) is 19.4. The van der Waals surface area contributed by atoms with Crippen LogP contribution < -0.4 is 5.32 Å². The normalized spacial score (nSPS) is 23.7. The Morgan fingerprint density at radius 1 is 1.14 bits per heavy atom. The Kier molecular flexibility index (Phi) is 8.62. The minimum absolute atomic E-state index is 0. The van der Waals surface area contributed by atoms with E-state index < -0.39 is 5.60 Å². The first-order valence-electron chi connectivity index (χ1n) is 10.3. The summed E-state index contributed by atoms with van der Waals surface area (Å²) in [4.78, 5) is 26.1. The van der Waals surface area contributed by atoms with Crippen molar-refractivity contribution in [3.05, 3.63) is 0 Å². The van der Waals surface area contributed by atoms with Gasteiger partial charge in [0.05, 0.1) is 12.6 Å². The molecule has 28 heavy (non-hydrogen) atoms. The molecule has 0 spiro atoms. The predicted molar refractivity (Wildman–Crippen MR) is 123 cm³/mol. The van der Waals surface area contributed by atoms with Gasteiger partial charge < -0.3 is 24.8 Å². The second kappa shape index (κ2) is 10.3. The van der Waals surface area contributed by atoms with Gasteiger partial charge in [-0.05, 0) is 27.3 Å². The summed E-state index contributed by atoms with van der Waals surface area (Å²) in [6.07, 6.45) is -0.213. The number of likely N-dealkylation sites (N-methyl/N-ethyl adjacent to an activating group) is 1. The topological polar surface area (TPSA) is 63.6 Å². The van der Waals surface area contributed by atoms with Crippen molar-refractivity contribution in [3.63, 3.8) is 0 Å². The molecule has 0 radical (unpaired) electrons. The number of guanidine groups is 1. The summed E-state index contributed by atoms with van der Waals surface area (Å²) in [5.41, 5.74) is -0.449. The van der Waals surface area contributed by atoms with Crippen LogP contribution in [0.3, 0.4) is 0 Å². The Hall–Kier alpha value is -0.810. The van der Waals surface area contributed by atoms with E-state index in [0.717, 1.165) is 51.8 Å². The highest BCUT2D eigenvalue weighted by molar-refractivity contribution is 14.0. The van der Waals surface area contributed by atoms with Crippen LogP contribution in [0.5, 0.6) is 0 Å². The Morgan fingerprint density at radius 3 is 2.46 bits per heavy atom. The molecule has 2 fully saturated rings. The van der Waals surface area contributed by atoms with Crippen molar-refractivity contribution in [1.29, 1.82) is 0 Å². The lowest BCUT2D eigenvalue weighted by molar-refractivity contribution is 0.0137. The Labute approximate surface area is 186 Å². The second-order valence-corrected chi connectivity index (χ2v) is 8.64. The molecule has 0 aromatic rings. The molecule has 3 aliphatic rings. The fourth-order valence-electron chi connectivity index (χ4n) is 3.88. The highest BCUT2D eigenvalue weighted by atomic mass is 127. The number of fused-ring (bicyclic) bond motifs is 1. The average molecular weight is 508 g/mol. The van der Waals surface area contributed by atoms with E-state index in [1.54, 1.807) is 0 Å². The lowest BCUT2D eigenvalue weighted by Crippen LogP contribution is -2.58. The van der Waals surface area contributed by atoms with Crippen molar-refractivity contribution in [1.82, 2.24) is 24.9 Å². The fraction of sp³-hybridized carbons (Fsp3) is 0.895. The number of carbonyl (C=O) groups is 1. The monoisotopic (exact) mass is 508 g/mol. The Balaban J connectivity index is 0.00000280. The smallest absolute Gasteiger partial charge is 0.410 e. The predicted octanol–water partition coefficient (Wildman–Crippen LogP) is 1.12. The molecule has 0 aliphatic carbocycles. The fourth-order valence-corrected chi connectivity index (χ4v) is 3.88. The number of rotatable bonds is 4. The Bertz CT molecular complexity index is 545. The quantitative estimate of drug-likeness (QED) is 0.575. The van der Waals surface area contributed by atoms with Gasteiger partial charge in [0.25, 0.3) is 0 Å². The van der Waals surface area contributed by atoms with Gasteiger partial charge in [-0.2, -0.15) is 0 Å². The number of ether oxygens (including phenoxy) is 1. The van der Waals surface area contributed by atoms with Crippen LogP contribution in [0.1, 0.15) is 27.7 Å². The van der Waals surface area contributed by atoms with Gasteiger partial charge in [-0.25, -0.2) is 4.79 Å². The van der Waals surface area contributed by atoms with Crippen LogP contribution in [0.25, 0.3) is 0 Å². The van der Waals surface area contributed by atoms with E-state index in [0.29, 0.717) is 13.1 Å². The minimum Gasteiger partial charge on any atom is -0.444 e. The molecule has 1 atom stereocenters. The van der Waals surface area contributed by atoms with Gasteiger partial charge in [-0.3, -0.25) is 9.89 Å². The van der Waals surface area contributed by atoms with Gasteiger partial charge in [-0.15, -0.1) is 24.0 Å². The molecule has 3 heterocycles. The zero-order valence-electron chi connectivity index (χ0n) is 17.8. The maximum atomic E-state index is 12.3. The van der Waals surface area contributed by atoms with Crippen molar-refractivity contribution in [2.24, 2.45) is 4.99 Å². The number of amides is 1. The maximum absolute atomic E-state index is 12.3. The van der Waals surface area contributed by atoms with Crippen LogP contribution in [0, 0.1) is 0 Å². The van der Waals surface area contributed by atoms with Crippen molar-refractivity contribution in [3.8, 4) is 0 Å². The summed E-state index contributed by atoms with van der Waals surface area (Å²) in [6.45, 7) is 18.7. The molecule has 1 unspecified atom stereocenters. The van der Waals surface area contributed by atoms with Crippen LogP contribution in [0.4, 0.5) is 4.79 Å². The largest absolute Gasteiger partial charge is 0.444 e. The molecular formula is C19H37IN6O2. The van der Waals surface area contributed by atoms with E-state index in [1.165, 1.54) is 13.1 Å². The third-order valence-corrected chi connectivity index (χ3v) is 5.48. The molecule has 0 aromatic heterocycles. The molecule has 3 aliphatic heterocycles. The van der Waals surface area contributed by atoms with Crippen LogP contribution in [0.15, 0.2) is 4.99 Å². The van der Waals surface area contributed by atoms with Crippen LogP contribution in [-0.2, 0) is 4.74 Å². The third kappa shape index (κ3) is 6.35. The number of aliphatic imine (C=N–C) groups is 1. The third-order valence-electron chi connectivity index (χ3n) is 5.48. The highest BCUT2D eigenvalue weighted by Crippen LogP contribution is 2.18. The van der Waals surface area contributed by atoms with E-state index in [4.69, 9.17) is 4.74 Å². The minimum atomic E-state index is -0.449. The van der Waals surface area contributed by atoms with Crippen molar-refractivity contribution < 1.29 is 9.53 Å². The van der Waals surface area contributed by atoms with Crippen LogP contribution in [0.2, 0.25) is 0 Å². The van der Waals surface area contributed by atoms with Gasteiger partial charge in [0.15, 0.2) is 5.96 Å². The number of carbonyl (C=O) groups excluding carboxylic acids is 1. The summed E-state index contributed by atoms with van der Waals surface area (Å²) >= 11 is 0. The standard InChI is InChI=1S/C19H36N6O2.HI/c1-5-22-8-10-23(11-9-22)7-6-20-17-21-14-16-15-24(12-13-25(16)17)18(26)27-19(2,3)4;/h16H,5-15H2,1-4H3,(H,20,21);1H. The molecule has 2 saturated heterocycles. The number of hydrogen-bond donors (Lipinski definition) is 1. The second-order valence-electron chi connectivity index (χ2n) is 8.64. The molecular weight excluding hydrogens is 471 g/mol. The molecule has 162 valence electrons. The van der Waals surface area contributed by atoms with Gasteiger partial charge in [0, 0.05) is 58.9 Å². The van der Waals surface area contributed by atoms with Crippen molar-refractivity contribution in [2.75, 3.05) is 72.0 Å². The van der Waals surface area contributed by atoms with Crippen molar-refractivity contribution >= 4 is 36.0 Å². The number of piperazine rings is 2. The lowest BCUT2D eigenvalue weighted by Gasteiger charge is -2.39. The van der Waals surface area contributed by atoms with E-state index in [9.17, 15) is 4.79 Å². The van der Waals surface area contributed by atoms with E-state index in [2.05, 4.69) is 31.9 Å². The summed E-state index contributed by atoms with van der Waals surface area (Å²) in [7, 11) is 0. The lowest BCUT2D eigenvalue weighted by atomic mass is 10.2. The molecule has 3 rings (SSSR count). The molecule has 1 amide bonds. The van der Waals surface area contributed by atoms with Gasteiger partial charge in [0.2, 0.25) is 0 Å². The summed E-state index contributed by atoms with van der Waals surface area (Å²) < 4.78 is 5.51. The molecule has 8 nitrogen and oxygen atoms in total. The molecule has 0 bridgehead atoms. The van der Waals surface area contributed by atoms with E-state index in [1.807, 2.05) is 25.7 Å². The maximum Gasteiger partial charge on any atom is 0.410 e. The van der Waals surface area contributed by atoms with Crippen LogP contribution in [-0.4, -0.2) is 115 Å². The molecule has 0 saturated carbocycles. The zero-order valence-corrected chi connectivity index (χ0v) is 20.1. The van der Waals surface area contributed by atoms with Gasteiger partial charge in [0.1, 0.15) is 5.60 Å². The van der Waals surface area contributed by atoms with E-state index in [-0.39, 0.29) is 36.1 Å². The number of halogens is 1. The van der Waals surface area contributed by atoms with Gasteiger partial charge >= 0.3 is 6.09 Å². The molecule has 1 N–H and O–H groups in total. The number of nitrogens with one attached hydrogen (secondary N) is 1. The first-order valence-corrected chi connectivity index (χ1v) is 10.3. The number of nitrogens with zero attached hydrogens (tertiary/aromatic N) is 5. The SMILES string of the molecule is CCN1CCN(CCNC2=NCC3CN(C(=O)OC(C)(C)C)CCN23)CC1.I. The first kappa shape index (κ1) is 23.5. The van der Waals surface area contributed by atoms with E-state index >= 15 is 0 Å². The molecule has 9 heteroatoms. The first-order chi connectivity index (χ1) is 12.9. The number of hydrogen-bond acceptors (Lipinski definition) is 7. The Morgan fingerprint density at radius 2 is 1.82 bits per heavy atom. The van der Waals surface area contributed by atoms with Crippen molar-refractivity contribution in [2.45, 2.75) is 39.3 Å². The summed E-state index contributed by atoms with van der Waals surface area (Å²) in [6, 6.07) is 0.266. The van der Waals surface area contributed by atoms with Gasteiger partial charge in [-0.1, -0.05) is 6.92 Å². The van der Waals surface area contributed by atoms with Crippen LogP contribution >= 0.6 is 24.0 Å². The highest BCUT2D eigenvalue weighted by Gasteiger charge is 2.36. The summed E-state index contributed by atoms with van der Waals surface area (Å²) in [5, 5.41) is 3.52. The summed E-state index contributed by atoms with van der Waals surface area (Å²) in [5.74, 6) is 0.996. The molecule has 0 aromatic carbocycles.